The van der Waals surface area contributed by atoms with Crippen LogP contribution in [0.4, 0.5) is 0 Å². The predicted octanol–water partition coefficient (Wildman–Crippen LogP) is 1.99. The molecule has 0 amide bonds. The molecule has 2 aliphatic rings. The first kappa shape index (κ1) is 14.5. The molecule has 0 bridgehead atoms. The molecule has 3 unspecified atom stereocenters. The van der Waals surface area contributed by atoms with Crippen molar-refractivity contribution in [1.82, 2.24) is 0 Å². The Labute approximate surface area is 113 Å². The smallest absolute Gasteiger partial charge is 0.307 e. The van der Waals surface area contributed by atoms with E-state index in [1.54, 1.807) is 0 Å². The van der Waals surface area contributed by atoms with E-state index in [9.17, 15) is 9.59 Å². The second-order valence-corrected chi connectivity index (χ2v) is 5.94. The molecule has 5 nitrogen and oxygen atoms in total. The summed E-state index contributed by atoms with van der Waals surface area (Å²) in [5, 5.41) is 9.08. The number of carboxylic acids is 1. The van der Waals surface area contributed by atoms with Gasteiger partial charge in [-0.2, -0.15) is 0 Å². The largest absolute Gasteiger partial charge is 0.481 e. The summed E-state index contributed by atoms with van der Waals surface area (Å²) in [6.07, 6.45) is 3.25. The van der Waals surface area contributed by atoms with Gasteiger partial charge in [0.25, 0.3) is 0 Å². The summed E-state index contributed by atoms with van der Waals surface area (Å²) in [5.74, 6) is -2.02. The Morgan fingerprint density at radius 1 is 1.42 bits per heavy atom. The average Bonchev–Trinajstić information content (AvgIpc) is 2.83. The zero-order valence-corrected chi connectivity index (χ0v) is 11.6. The van der Waals surface area contributed by atoms with Gasteiger partial charge in [-0.05, 0) is 33.1 Å². The fourth-order valence-corrected chi connectivity index (χ4v) is 3.04. The lowest BCUT2D eigenvalue weighted by molar-refractivity contribution is -0.144. The van der Waals surface area contributed by atoms with Gasteiger partial charge in [-0.3, -0.25) is 9.59 Å². The molecular formula is C14H22O5. The Bertz CT molecular complexity index is 363. The Balaban J connectivity index is 1.76. The summed E-state index contributed by atoms with van der Waals surface area (Å²) in [5.41, 5.74) is 0. The zero-order chi connectivity index (χ0) is 14.0. The van der Waals surface area contributed by atoms with Gasteiger partial charge in [-0.15, -0.1) is 0 Å². The minimum Gasteiger partial charge on any atom is -0.481 e. The Morgan fingerprint density at radius 3 is 2.74 bits per heavy atom. The summed E-state index contributed by atoms with van der Waals surface area (Å²) in [4.78, 5) is 22.8. The molecular weight excluding hydrogens is 248 g/mol. The lowest BCUT2D eigenvalue weighted by Crippen LogP contribution is -2.23. The lowest BCUT2D eigenvalue weighted by atomic mass is 9.90. The molecule has 3 atom stereocenters. The highest BCUT2D eigenvalue weighted by molar-refractivity contribution is 5.89. The third-order valence-electron chi connectivity index (χ3n) is 4.03. The van der Waals surface area contributed by atoms with Crippen molar-refractivity contribution in [2.24, 2.45) is 11.8 Å². The molecule has 1 saturated heterocycles. The van der Waals surface area contributed by atoms with Crippen LogP contribution in [0.5, 0.6) is 0 Å². The zero-order valence-electron chi connectivity index (χ0n) is 11.6. The van der Waals surface area contributed by atoms with Gasteiger partial charge >= 0.3 is 5.97 Å². The van der Waals surface area contributed by atoms with Gasteiger partial charge in [0.1, 0.15) is 5.78 Å². The predicted molar refractivity (Wildman–Crippen MR) is 67.6 cm³/mol. The monoisotopic (exact) mass is 270 g/mol. The van der Waals surface area contributed by atoms with Crippen LogP contribution in [0.15, 0.2) is 0 Å². The standard InChI is InChI=1S/C14H22O5/c1-14(2)18-8-9(19-14)4-3-5-10-11(13(16)17)6-7-12(10)15/h9-11H,3-8H2,1-2H3,(H,16,17). The molecule has 1 saturated carbocycles. The molecule has 0 aromatic heterocycles. The first-order valence-corrected chi connectivity index (χ1v) is 6.96. The van der Waals surface area contributed by atoms with E-state index in [-0.39, 0.29) is 17.8 Å². The number of ether oxygens (including phenoxy) is 2. The van der Waals surface area contributed by atoms with Crippen molar-refractivity contribution in [2.75, 3.05) is 6.61 Å². The molecule has 2 rings (SSSR count). The lowest BCUT2D eigenvalue weighted by Gasteiger charge is -2.18. The number of carboxylic acid groups (broad SMARTS) is 1. The van der Waals surface area contributed by atoms with Gasteiger partial charge < -0.3 is 14.6 Å². The Hall–Kier alpha value is -0.940. The van der Waals surface area contributed by atoms with E-state index in [0.29, 0.717) is 25.9 Å². The van der Waals surface area contributed by atoms with Crippen LogP contribution < -0.4 is 0 Å². The van der Waals surface area contributed by atoms with Crippen molar-refractivity contribution in [2.45, 2.75) is 57.8 Å². The highest BCUT2D eigenvalue weighted by Crippen LogP contribution is 2.33. The van der Waals surface area contributed by atoms with Crippen LogP contribution in [0.1, 0.15) is 46.0 Å². The quantitative estimate of drug-likeness (QED) is 0.827. The van der Waals surface area contributed by atoms with Crippen LogP contribution in [0.25, 0.3) is 0 Å². The van der Waals surface area contributed by atoms with Crippen LogP contribution in [0, 0.1) is 11.8 Å². The van der Waals surface area contributed by atoms with Gasteiger partial charge in [0.2, 0.25) is 0 Å². The number of hydrogen-bond donors (Lipinski definition) is 1. The van der Waals surface area contributed by atoms with Crippen molar-refractivity contribution >= 4 is 11.8 Å². The van der Waals surface area contributed by atoms with Crippen molar-refractivity contribution in [3.63, 3.8) is 0 Å². The molecule has 1 N–H and O–H groups in total. The van der Waals surface area contributed by atoms with E-state index >= 15 is 0 Å². The van der Waals surface area contributed by atoms with E-state index in [4.69, 9.17) is 14.6 Å². The molecule has 108 valence electrons. The van der Waals surface area contributed by atoms with Crippen molar-refractivity contribution in [3.05, 3.63) is 0 Å². The number of aliphatic carboxylic acids is 1. The summed E-state index contributed by atoms with van der Waals surface area (Å²) in [7, 11) is 0. The van der Waals surface area contributed by atoms with E-state index in [2.05, 4.69) is 0 Å². The molecule has 0 radical (unpaired) electrons. The molecule has 1 aliphatic carbocycles. The fourth-order valence-electron chi connectivity index (χ4n) is 3.04. The van der Waals surface area contributed by atoms with Gasteiger partial charge in [0.15, 0.2) is 5.79 Å². The molecule has 5 heteroatoms. The second kappa shape index (κ2) is 5.59. The highest BCUT2D eigenvalue weighted by Gasteiger charge is 2.39. The topological polar surface area (TPSA) is 72.8 Å². The maximum Gasteiger partial charge on any atom is 0.307 e. The van der Waals surface area contributed by atoms with E-state index in [1.165, 1.54) is 0 Å². The molecule has 1 heterocycles. The van der Waals surface area contributed by atoms with E-state index in [1.807, 2.05) is 13.8 Å². The van der Waals surface area contributed by atoms with Gasteiger partial charge in [-0.25, -0.2) is 0 Å². The molecule has 0 aromatic rings. The fraction of sp³-hybridized carbons (Fsp3) is 0.857. The minimum absolute atomic E-state index is 0.0646. The molecule has 1 aliphatic heterocycles. The summed E-state index contributed by atoms with van der Waals surface area (Å²) >= 11 is 0. The van der Waals surface area contributed by atoms with Gasteiger partial charge in [0, 0.05) is 12.3 Å². The SMILES string of the molecule is CC1(C)OCC(CCCC2C(=O)CCC2C(=O)O)O1. The van der Waals surface area contributed by atoms with Crippen LogP contribution in [0.2, 0.25) is 0 Å². The number of carbonyl (C=O) groups is 2. The number of Topliss-reactive ketones (excluding diaryl/α,β-unsaturated/α-hetero) is 1. The van der Waals surface area contributed by atoms with E-state index < -0.39 is 17.7 Å². The Kier molecular flexibility index (Phi) is 4.26. The molecule has 0 aromatic carbocycles. The van der Waals surface area contributed by atoms with Crippen LogP contribution in [-0.4, -0.2) is 35.4 Å². The summed E-state index contributed by atoms with van der Waals surface area (Å²) in [6, 6.07) is 0. The summed E-state index contributed by atoms with van der Waals surface area (Å²) in [6.45, 7) is 4.34. The molecule has 19 heavy (non-hydrogen) atoms. The Morgan fingerprint density at radius 2 is 2.16 bits per heavy atom. The van der Waals surface area contributed by atoms with Gasteiger partial charge in [0.05, 0.1) is 18.6 Å². The van der Waals surface area contributed by atoms with Crippen molar-refractivity contribution in [3.8, 4) is 0 Å². The molecule has 0 spiro atoms. The third-order valence-corrected chi connectivity index (χ3v) is 4.03. The number of carbonyl (C=O) groups excluding carboxylic acids is 1. The average molecular weight is 270 g/mol. The number of rotatable bonds is 5. The van der Waals surface area contributed by atoms with Crippen LogP contribution in [0.3, 0.4) is 0 Å². The summed E-state index contributed by atoms with van der Waals surface area (Å²) < 4.78 is 11.2. The van der Waals surface area contributed by atoms with Crippen LogP contribution >= 0.6 is 0 Å². The highest BCUT2D eigenvalue weighted by atomic mass is 16.7. The van der Waals surface area contributed by atoms with E-state index in [0.717, 1.165) is 12.8 Å². The van der Waals surface area contributed by atoms with Gasteiger partial charge in [-0.1, -0.05) is 6.42 Å². The second-order valence-electron chi connectivity index (χ2n) is 5.94. The number of hydrogen-bond acceptors (Lipinski definition) is 4. The minimum atomic E-state index is -0.836. The third kappa shape index (κ3) is 3.54. The maximum atomic E-state index is 11.7. The maximum absolute atomic E-state index is 11.7. The van der Waals surface area contributed by atoms with Crippen molar-refractivity contribution < 1.29 is 24.2 Å². The first-order valence-electron chi connectivity index (χ1n) is 6.96. The molecule has 2 fully saturated rings. The number of ketones is 1. The normalized spacial score (nSPS) is 33.8. The van der Waals surface area contributed by atoms with Crippen LogP contribution in [-0.2, 0) is 19.1 Å². The first-order chi connectivity index (χ1) is 8.89. The van der Waals surface area contributed by atoms with Crippen molar-refractivity contribution in [1.29, 1.82) is 0 Å².